The largest absolute Gasteiger partial charge is 0.388 e. The summed E-state index contributed by atoms with van der Waals surface area (Å²) in [5.41, 5.74) is 5.16. The molecular weight excluding hydrogens is 128 g/mol. The summed E-state index contributed by atoms with van der Waals surface area (Å²) in [7, 11) is 0. The summed E-state index contributed by atoms with van der Waals surface area (Å²) < 4.78 is 5.24. The molecule has 0 heterocycles. The molecule has 0 aliphatic carbocycles. The Hall–Kier alpha value is -0.570. The molecule has 3 nitrogen and oxygen atoms in total. The van der Waals surface area contributed by atoms with Crippen LogP contribution in [0.5, 0.6) is 0 Å². The molecule has 0 spiro atoms. The van der Waals surface area contributed by atoms with Gasteiger partial charge in [-0.25, -0.2) is 0 Å². The molecule has 60 valence electrons. The van der Waals surface area contributed by atoms with Gasteiger partial charge in [0.15, 0.2) is 0 Å². The van der Waals surface area contributed by atoms with E-state index in [2.05, 4.69) is 0 Å². The van der Waals surface area contributed by atoms with Crippen LogP contribution in [-0.4, -0.2) is 18.5 Å². The molecule has 3 heteroatoms. The third-order valence-electron chi connectivity index (χ3n) is 1.27. The highest BCUT2D eigenvalue weighted by atomic mass is 16.5. The van der Waals surface area contributed by atoms with Gasteiger partial charge in [-0.1, -0.05) is 0 Å². The Morgan fingerprint density at radius 3 is 2.70 bits per heavy atom. The van der Waals surface area contributed by atoms with E-state index >= 15 is 0 Å². The Morgan fingerprint density at radius 2 is 2.30 bits per heavy atom. The molecule has 10 heavy (non-hydrogen) atoms. The van der Waals surface area contributed by atoms with Gasteiger partial charge < -0.3 is 10.5 Å². The quantitative estimate of drug-likeness (QED) is 0.449. The average molecular weight is 144 g/mol. The van der Waals surface area contributed by atoms with Crippen LogP contribution in [0, 0.1) is 5.41 Å². The van der Waals surface area contributed by atoms with Crippen LogP contribution >= 0.6 is 0 Å². The third kappa shape index (κ3) is 5.56. The van der Waals surface area contributed by atoms with E-state index in [1.165, 1.54) is 0 Å². The number of nitrogens with two attached hydrogens (primary N) is 1. The lowest BCUT2D eigenvalue weighted by molar-refractivity contribution is 0.0718. The lowest BCUT2D eigenvalue weighted by atomic mass is 10.2. The van der Waals surface area contributed by atoms with Crippen molar-refractivity contribution in [1.82, 2.24) is 0 Å². The van der Waals surface area contributed by atoms with E-state index in [4.69, 9.17) is 15.9 Å². The highest BCUT2D eigenvalue weighted by Crippen LogP contribution is 1.99. The average Bonchev–Trinajstić information content (AvgIpc) is 1.85. The maximum atomic E-state index is 6.94. The van der Waals surface area contributed by atoms with Gasteiger partial charge >= 0.3 is 0 Å². The predicted molar refractivity (Wildman–Crippen MR) is 42.2 cm³/mol. The minimum Gasteiger partial charge on any atom is -0.388 e. The van der Waals surface area contributed by atoms with E-state index in [0.717, 1.165) is 13.0 Å². The molecule has 3 N–H and O–H groups in total. The van der Waals surface area contributed by atoms with Gasteiger partial charge in [0.25, 0.3) is 0 Å². The van der Waals surface area contributed by atoms with E-state index in [-0.39, 0.29) is 11.9 Å². The van der Waals surface area contributed by atoms with Crippen LogP contribution in [0.4, 0.5) is 0 Å². The Kier molecular flexibility index (Phi) is 4.94. The van der Waals surface area contributed by atoms with E-state index in [1.807, 2.05) is 13.8 Å². The summed E-state index contributed by atoms with van der Waals surface area (Å²) in [6.07, 6.45) is 1.72. The standard InChI is InChI=1S/C7H16N2O/c1-3-10-6(2)4-5-7(8)9/h6H,3-5H2,1-2H3,(H3,8,9). The highest BCUT2D eigenvalue weighted by Gasteiger charge is 2.00. The molecule has 0 aromatic heterocycles. The number of nitrogens with one attached hydrogen (secondary N) is 1. The van der Waals surface area contributed by atoms with Gasteiger partial charge in [0.1, 0.15) is 0 Å². The SMILES string of the molecule is CCOC(C)CCC(=N)N. The molecule has 1 atom stereocenters. The summed E-state index contributed by atoms with van der Waals surface area (Å²) in [4.78, 5) is 0. The topological polar surface area (TPSA) is 59.1 Å². The van der Waals surface area contributed by atoms with Crippen LogP contribution < -0.4 is 5.73 Å². The lowest BCUT2D eigenvalue weighted by Crippen LogP contribution is -2.14. The molecule has 0 fully saturated rings. The maximum absolute atomic E-state index is 6.94. The van der Waals surface area contributed by atoms with Crippen molar-refractivity contribution in [3.05, 3.63) is 0 Å². The molecule has 0 aliphatic heterocycles. The number of hydrogen-bond acceptors (Lipinski definition) is 2. The first kappa shape index (κ1) is 9.43. The summed E-state index contributed by atoms with van der Waals surface area (Å²) in [5.74, 6) is 0.242. The zero-order valence-corrected chi connectivity index (χ0v) is 6.68. The van der Waals surface area contributed by atoms with Crippen molar-refractivity contribution >= 4 is 5.84 Å². The summed E-state index contributed by atoms with van der Waals surface area (Å²) >= 11 is 0. The van der Waals surface area contributed by atoms with Crippen LogP contribution in [0.15, 0.2) is 0 Å². The number of amidine groups is 1. The normalized spacial score (nSPS) is 13.0. The van der Waals surface area contributed by atoms with Crippen LogP contribution in [-0.2, 0) is 4.74 Å². The monoisotopic (exact) mass is 144 g/mol. The molecule has 0 aromatic rings. The number of rotatable bonds is 5. The van der Waals surface area contributed by atoms with Crippen molar-refractivity contribution in [2.45, 2.75) is 32.8 Å². The van der Waals surface area contributed by atoms with E-state index in [0.29, 0.717) is 6.42 Å². The summed E-state index contributed by atoms with van der Waals surface area (Å²) in [6.45, 7) is 4.69. The molecule has 1 unspecified atom stereocenters. The highest BCUT2D eigenvalue weighted by molar-refractivity contribution is 5.76. The molecule has 0 amide bonds. The molecule has 0 saturated heterocycles. The number of ether oxygens (including phenoxy) is 1. The van der Waals surface area contributed by atoms with Crippen molar-refractivity contribution in [2.75, 3.05) is 6.61 Å². The fourth-order valence-corrected chi connectivity index (χ4v) is 0.727. The summed E-state index contributed by atoms with van der Waals surface area (Å²) in [5, 5.41) is 6.94. The second kappa shape index (κ2) is 5.23. The van der Waals surface area contributed by atoms with Crippen molar-refractivity contribution in [3.63, 3.8) is 0 Å². The second-order valence-corrected chi connectivity index (χ2v) is 2.33. The zero-order valence-electron chi connectivity index (χ0n) is 6.68. The first-order valence-corrected chi connectivity index (χ1v) is 3.61. The Balaban J connectivity index is 3.21. The fourth-order valence-electron chi connectivity index (χ4n) is 0.727. The Morgan fingerprint density at radius 1 is 1.70 bits per heavy atom. The third-order valence-corrected chi connectivity index (χ3v) is 1.27. The van der Waals surface area contributed by atoms with Gasteiger partial charge in [0.2, 0.25) is 0 Å². The van der Waals surface area contributed by atoms with Crippen LogP contribution in [0.3, 0.4) is 0 Å². The smallest absolute Gasteiger partial charge is 0.0906 e. The van der Waals surface area contributed by atoms with Crippen LogP contribution in [0.25, 0.3) is 0 Å². The maximum Gasteiger partial charge on any atom is 0.0906 e. The van der Waals surface area contributed by atoms with Crippen molar-refractivity contribution in [1.29, 1.82) is 5.41 Å². The molecule has 0 saturated carbocycles. The number of hydrogen-bond donors (Lipinski definition) is 2. The van der Waals surface area contributed by atoms with E-state index in [1.54, 1.807) is 0 Å². The van der Waals surface area contributed by atoms with E-state index < -0.39 is 0 Å². The van der Waals surface area contributed by atoms with Crippen molar-refractivity contribution in [2.24, 2.45) is 5.73 Å². The van der Waals surface area contributed by atoms with Gasteiger partial charge in [0.05, 0.1) is 11.9 Å². The first-order valence-electron chi connectivity index (χ1n) is 3.61. The second-order valence-electron chi connectivity index (χ2n) is 2.33. The van der Waals surface area contributed by atoms with Gasteiger partial charge in [-0.2, -0.15) is 0 Å². The molecule has 0 aliphatic rings. The minimum atomic E-state index is 0.230. The van der Waals surface area contributed by atoms with Gasteiger partial charge in [0, 0.05) is 13.0 Å². The zero-order chi connectivity index (χ0) is 7.98. The van der Waals surface area contributed by atoms with E-state index in [9.17, 15) is 0 Å². The van der Waals surface area contributed by atoms with Gasteiger partial charge in [-0.05, 0) is 20.3 Å². The molecule has 0 rings (SSSR count). The summed E-state index contributed by atoms with van der Waals surface area (Å²) in [6, 6.07) is 0. The molecular formula is C7H16N2O. The lowest BCUT2D eigenvalue weighted by Gasteiger charge is -2.09. The molecule has 0 radical (unpaired) electrons. The van der Waals surface area contributed by atoms with Crippen molar-refractivity contribution in [3.8, 4) is 0 Å². The van der Waals surface area contributed by atoms with Gasteiger partial charge in [-0.3, -0.25) is 5.41 Å². The van der Waals surface area contributed by atoms with Crippen LogP contribution in [0.1, 0.15) is 26.7 Å². The fraction of sp³-hybridized carbons (Fsp3) is 0.857. The van der Waals surface area contributed by atoms with Gasteiger partial charge in [-0.15, -0.1) is 0 Å². The molecule has 0 bridgehead atoms. The molecule has 0 aromatic carbocycles. The Labute approximate surface area is 62.1 Å². The first-order chi connectivity index (χ1) is 4.66. The minimum absolute atomic E-state index is 0.230. The van der Waals surface area contributed by atoms with Crippen molar-refractivity contribution < 1.29 is 4.74 Å². The predicted octanol–water partition coefficient (Wildman–Crippen LogP) is 1.13. The van der Waals surface area contributed by atoms with Crippen LogP contribution in [0.2, 0.25) is 0 Å². The Bertz CT molecular complexity index is 104.